The van der Waals surface area contributed by atoms with Gasteiger partial charge in [-0.15, -0.1) is 0 Å². The molecule has 130 valence electrons. The van der Waals surface area contributed by atoms with Gasteiger partial charge in [-0.2, -0.15) is 0 Å². The molecule has 0 aliphatic heterocycles. The molecular weight excluding hydrogens is 314 g/mol. The fourth-order valence-corrected chi connectivity index (χ4v) is 2.98. The number of unbranched alkanes of at least 4 members (excludes halogenated alkanes) is 1. The van der Waals surface area contributed by atoms with Gasteiger partial charge in [0.15, 0.2) is 0 Å². The number of rotatable bonds is 7. The molecule has 4 heteroatoms. The lowest BCUT2D eigenvalue weighted by atomic mass is 9.94. The zero-order chi connectivity index (χ0) is 17.7. The minimum absolute atomic E-state index is 0.387. The second kappa shape index (κ2) is 8.52. The summed E-state index contributed by atoms with van der Waals surface area (Å²) < 4.78 is 2.03. The maximum absolute atomic E-state index is 4.93. The second-order valence-corrected chi connectivity index (χ2v) is 7.45. The van der Waals surface area contributed by atoms with E-state index in [2.05, 4.69) is 58.2 Å². The van der Waals surface area contributed by atoms with Crippen molar-refractivity contribution in [1.29, 1.82) is 0 Å². The van der Waals surface area contributed by atoms with Crippen molar-refractivity contribution in [1.82, 2.24) is 9.97 Å². The summed E-state index contributed by atoms with van der Waals surface area (Å²) in [6.45, 7) is 8.80. The van der Waals surface area contributed by atoms with Crippen LogP contribution in [0.15, 0.2) is 24.3 Å². The van der Waals surface area contributed by atoms with Crippen molar-refractivity contribution >= 4 is 17.9 Å². The van der Waals surface area contributed by atoms with Crippen LogP contribution in [0.2, 0.25) is 0 Å². The van der Waals surface area contributed by atoms with E-state index >= 15 is 0 Å². The first-order valence-corrected chi connectivity index (χ1v) is 9.91. The SMILES string of the molecule is CCCCc1c(-c2ccc(C)cc2)nc(N(C)SC)nc1C(C)C. The third-order valence-corrected chi connectivity index (χ3v) is 4.95. The zero-order valence-electron chi connectivity index (χ0n) is 15.8. The van der Waals surface area contributed by atoms with Gasteiger partial charge in [-0.25, -0.2) is 9.97 Å². The lowest BCUT2D eigenvalue weighted by molar-refractivity contribution is 0.742. The quantitative estimate of drug-likeness (QED) is 0.609. The van der Waals surface area contributed by atoms with E-state index in [0.717, 1.165) is 18.1 Å². The van der Waals surface area contributed by atoms with E-state index in [1.807, 2.05) is 11.4 Å². The fraction of sp³-hybridized carbons (Fsp3) is 0.500. The highest BCUT2D eigenvalue weighted by Gasteiger charge is 2.19. The Labute approximate surface area is 151 Å². The molecule has 24 heavy (non-hydrogen) atoms. The number of hydrogen-bond donors (Lipinski definition) is 0. The van der Waals surface area contributed by atoms with E-state index in [4.69, 9.17) is 9.97 Å². The monoisotopic (exact) mass is 343 g/mol. The molecule has 0 saturated carbocycles. The van der Waals surface area contributed by atoms with Gasteiger partial charge >= 0.3 is 0 Å². The van der Waals surface area contributed by atoms with Crippen molar-refractivity contribution < 1.29 is 0 Å². The molecule has 1 aromatic heterocycles. The van der Waals surface area contributed by atoms with Gasteiger partial charge in [0.25, 0.3) is 0 Å². The van der Waals surface area contributed by atoms with Gasteiger partial charge in [0.2, 0.25) is 5.95 Å². The first-order valence-electron chi connectivity index (χ1n) is 8.73. The Hall–Kier alpha value is -1.55. The molecule has 0 bridgehead atoms. The van der Waals surface area contributed by atoms with Crippen molar-refractivity contribution in [2.24, 2.45) is 0 Å². The Bertz CT molecular complexity index is 665. The van der Waals surface area contributed by atoms with Crippen LogP contribution in [0, 0.1) is 6.92 Å². The minimum atomic E-state index is 0.387. The van der Waals surface area contributed by atoms with Crippen LogP contribution in [0.5, 0.6) is 0 Å². The Morgan fingerprint density at radius 1 is 1.12 bits per heavy atom. The molecule has 0 radical (unpaired) electrons. The lowest BCUT2D eigenvalue weighted by Gasteiger charge is -2.21. The van der Waals surface area contributed by atoms with Crippen LogP contribution < -0.4 is 4.31 Å². The largest absolute Gasteiger partial charge is 0.288 e. The van der Waals surface area contributed by atoms with Crippen molar-refractivity contribution in [3.8, 4) is 11.3 Å². The molecule has 0 fully saturated rings. The maximum Gasteiger partial charge on any atom is 0.236 e. The van der Waals surface area contributed by atoms with Crippen LogP contribution in [0.25, 0.3) is 11.3 Å². The van der Waals surface area contributed by atoms with Crippen LogP contribution >= 0.6 is 11.9 Å². The summed E-state index contributed by atoms with van der Waals surface area (Å²) in [5, 5.41) is 0. The predicted molar refractivity (Wildman–Crippen MR) is 107 cm³/mol. The molecule has 2 rings (SSSR count). The Morgan fingerprint density at radius 2 is 1.79 bits per heavy atom. The summed E-state index contributed by atoms with van der Waals surface area (Å²) in [6.07, 6.45) is 5.43. The van der Waals surface area contributed by atoms with E-state index < -0.39 is 0 Å². The van der Waals surface area contributed by atoms with E-state index in [1.54, 1.807) is 11.9 Å². The number of aryl methyl sites for hydroxylation is 1. The van der Waals surface area contributed by atoms with Gasteiger partial charge in [0.05, 0.1) is 11.4 Å². The summed E-state index contributed by atoms with van der Waals surface area (Å²) in [6, 6.07) is 8.68. The third kappa shape index (κ3) is 4.29. The number of benzene rings is 1. The van der Waals surface area contributed by atoms with Crippen LogP contribution in [-0.2, 0) is 6.42 Å². The molecule has 0 atom stereocenters. The molecule has 0 amide bonds. The molecule has 1 heterocycles. The van der Waals surface area contributed by atoms with Gasteiger partial charge in [-0.05, 0) is 25.7 Å². The number of nitrogens with zero attached hydrogens (tertiary/aromatic N) is 3. The van der Waals surface area contributed by atoms with Gasteiger partial charge in [0.1, 0.15) is 0 Å². The highest BCUT2D eigenvalue weighted by atomic mass is 32.2. The summed E-state index contributed by atoms with van der Waals surface area (Å²) in [5.41, 5.74) is 6.05. The van der Waals surface area contributed by atoms with Crippen molar-refractivity contribution in [3.05, 3.63) is 41.1 Å². The van der Waals surface area contributed by atoms with Crippen molar-refractivity contribution in [2.75, 3.05) is 17.6 Å². The minimum Gasteiger partial charge on any atom is -0.288 e. The van der Waals surface area contributed by atoms with Gasteiger partial charge in [-0.1, -0.05) is 69.0 Å². The first-order chi connectivity index (χ1) is 11.5. The van der Waals surface area contributed by atoms with Gasteiger partial charge < -0.3 is 0 Å². The number of anilines is 1. The highest BCUT2D eigenvalue weighted by molar-refractivity contribution is 7.99. The average Bonchev–Trinajstić information content (AvgIpc) is 2.59. The molecule has 0 saturated heterocycles. The Morgan fingerprint density at radius 3 is 2.33 bits per heavy atom. The summed E-state index contributed by atoms with van der Waals surface area (Å²) >= 11 is 1.64. The lowest BCUT2D eigenvalue weighted by Crippen LogP contribution is -2.14. The van der Waals surface area contributed by atoms with Crippen molar-refractivity contribution in [3.63, 3.8) is 0 Å². The summed E-state index contributed by atoms with van der Waals surface area (Å²) in [5.74, 6) is 1.18. The van der Waals surface area contributed by atoms with Crippen LogP contribution in [0.4, 0.5) is 5.95 Å². The number of aromatic nitrogens is 2. The van der Waals surface area contributed by atoms with Crippen LogP contribution in [0.1, 0.15) is 56.4 Å². The van der Waals surface area contributed by atoms with Crippen molar-refractivity contribution in [2.45, 2.75) is 52.9 Å². The average molecular weight is 344 g/mol. The molecule has 0 spiro atoms. The zero-order valence-corrected chi connectivity index (χ0v) is 16.6. The maximum atomic E-state index is 4.93. The smallest absolute Gasteiger partial charge is 0.236 e. The Kier molecular flexibility index (Phi) is 6.67. The normalized spacial score (nSPS) is 11.1. The summed E-state index contributed by atoms with van der Waals surface area (Å²) in [4.78, 5) is 9.83. The van der Waals surface area contributed by atoms with E-state index in [9.17, 15) is 0 Å². The number of hydrogen-bond acceptors (Lipinski definition) is 4. The van der Waals surface area contributed by atoms with Gasteiger partial charge in [0, 0.05) is 24.4 Å². The van der Waals surface area contributed by atoms with E-state index in [-0.39, 0.29) is 0 Å². The fourth-order valence-electron chi connectivity index (χ4n) is 2.74. The first kappa shape index (κ1) is 18.8. The molecule has 0 unspecified atom stereocenters. The molecule has 2 aromatic rings. The summed E-state index contributed by atoms with van der Waals surface area (Å²) in [7, 11) is 2.02. The molecule has 0 aliphatic rings. The molecular formula is C20H29N3S. The van der Waals surface area contributed by atoms with Crippen LogP contribution in [0.3, 0.4) is 0 Å². The van der Waals surface area contributed by atoms with Gasteiger partial charge in [-0.3, -0.25) is 4.31 Å². The topological polar surface area (TPSA) is 29.0 Å². The van der Waals surface area contributed by atoms with Crippen LogP contribution in [-0.4, -0.2) is 23.3 Å². The highest BCUT2D eigenvalue weighted by Crippen LogP contribution is 2.32. The molecule has 0 N–H and O–H groups in total. The molecule has 1 aromatic carbocycles. The predicted octanol–water partition coefficient (Wildman–Crippen LogP) is 5.63. The molecule has 0 aliphatic carbocycles. The van der Waals surface area contributed by atoms with E-state index in [1.165, 1.54) is 35.2 Å². The second-order valence-electron chi connectivity index (χ2n) is 6.54. The third-order valence-electron chi connectivity index (χ3n) is 4.24. The standard InChI is InChI=1S/C20H29N3S/c1-7-8-9-17-18(14(2)3)21-20(23(5)24-6)22-19(17)16-12-10-15(4)11-13-16/h10-14H,7-9H2,1-6H3. The van der Waals surface area contributed by atoms with E-state index in [0.29, 0.717) is 5.92 Å². The Balaban J connectivity index is 2.66. The molecule has 3 nitrogen and oxygen atoms in total.